The van der Waals surface area contributed by atoms with E-state index in [0.29, 0.717) is 24.4 Å². The molecule has 36 heavy (non-hydrogen) atoms. The van der Waals surface area contributed by atoms with Gasteiger partial charge in [0.2, 0.25) is 21.8 Å². The second-order valence-corrected chi connectivity index (χ2v) is 11.4. The van der Waals surface area contributed by atoms with Crippen LogP contribution in [0.15, 0.2) is 53.0 Å². The zero-order valence-electron chi connectivity index (χ0n) is 21.4. The highest BCUT2D eigenvalue weighted by Crippen LogP contribution is 2.24. The number of halogens is 1. The van der Waals surface area contributed by atoms with Crippen LogP contribution in [0.4, 0.5) is 5.69 Å². The molecule has 0 fully saturated rings. The van der Waals surface area contributed by atoms with E-state index >= 15 is 0 Å². The van der Waals surface area contributed by atoms with E-state index < -0.39 is 16.1 Å². The lowest BCUT2D eigenvalue weighted by Gasteiger charge is -2.29. The largest absolute Gasteiger partial charge is 0.497 e. The van der Waals surface area contributed by atoms with Gasteiger partial charge in [0.15, 0.2) is 0 Å². The van der Waals surface area contributed by atoms with Crippen molar-refractivity contribution in [2.24, 2.45) is 0 Å². The van der Waals surface area contributed by atoms with E-state index in [1.54, 1.807) is 36.1 Å². The summed E-state index contributed by atoms with van der Waals surface area (Å²) in [6.45, 7) is 4.73. The Morgan fingerprint density at radius 1 is 1.11 bits per heavy atom. The van der Waals surface area contributed by atoms with Crippen LogP contribution in [0, 0.1) is 0 Å². The Kier molecular flexibility index (Phi) is 11.7. The van der Waals surface area contributed by atoms with E-state index in [-0.39, 0.29) is 31.3 Å². The number of hydrogen-bond donors (Lipinski definition) is 1. The molecule has 0 radical (unpaired) electrons. The summed E-state index contributed by atoms with van der Waals surface area (Å²) in [5.74, 6) is 0.124. The van der Waals surface area contributed by atoms with Crippen molar-refractivity contribution in [3.63, 3.8) is 0 Å². The molecule has 0 aliphatic carbocycles. The summed E-state index contributed by atoms with van der Waals surface area (Å²) in [5, 5.41) is 2.90. The average Bonchev–Trinajstić information content (AvgIpc) is 2.85. The Morgan fingerprint density at radius 3 is 2.42 bits per heavy atom. The number of unbranched alkanes of at least 4 members (excludes halogenated alkanes) is 1. The van der Waals surface area contributed by atoms with Crippen LogP contribution in [-0.2, 0) is 26.2 Å². The van der Waals surface area contributed by atoms with Crippen LogP contribution in [0.3, 0.4) is 0 Å². The van der Waals surface area contributed by atoms with E-state index in [1.165, 1.54) is 11.4 Å². The second-order valence-electron chi connectivity index (χ2n) is 8.61. The molecule has 2 aromatic carbocycles. The molecule has 1 atom stereocenters. The fraction of sp³-hybridized carbons (Fsp3) is 0.462. The third-order valence-corrected chi connectivity index (χ3v) is 7.48. The van der Waals surface area contributed by atoms with E-state index in [9.17, 15) is 18.0 Å². The number of ether oxygens (including phenoxy) is 1. The third-order valence-electron chi connectivity index (χ3n) is 5.76. The molecule has 198 valence electrons. The first-order valence-electron chi connectivity index (χ1n) is 12.0. The monoisotopic (exact) mass is 581 g/mol. The van der Waals surface area contributed by atoms with Gasteiger partial charge in [-0.1, -0.05) is 47.5 Å². The minimum Gasteiger partial charge on any atom is -0.497 e. The molecule has 2 aromatic rings. The van der Waals surface area contributed by atoms with Crippen LogP contribution in [-0.4, -0.2) is 57.6 Å². The summed E-state index contributed by atoms with van der Waals surface area (Å²) < 4.78 is 32.3. The fourth-order valence-corrected chi connectivity index (χ4v) is 4.90. The predicted molar refractivity (Wildman–Crippen MR) is 146 cm³/mol. The van der Waals surface area contributed by atoms with Crippen LogP contribution in [0.2, 0.25) is 0 Å². The van der Waals surface area contributed by atoms with Crippen molar-refractivity contribution in [3.05, 3.63) is 58.6 Å². The standard InChI is InChI=1S/C26H36BrN3O5S/c1-5-6-16-28-26(32)20(2)29(19-21-12-14-22(27)15-13-21)25(31)11-8-17-30(36(4,33)34)23-9-7-10-24(18-23)35-3/h7,9-10,12-15,18,20H,5-6,8,11,16-17,19H2,1-4H3,(H,28,32)/t20-/m1/s1. The van der Waals surface area contributed by atoms with Gasteiger partial charge in [-0.25, -0.2) is 8.42 Å². The molecule has 2 amide bonds. The maximum absolute atomic E-state index is 13.3. The minimum atomic E-state index is -3.57. The maximum atomic E-state index is 13.3. The van der Waals surface area contributed by atoms with Crippen LogP contribution >= 0.6 is 15.9 Å². The molecule has 0 bridgehead atoms. The molecule has 0 heterocycles. The van der Waals surface area contributed by atoms with Crippen LogP contribution < -0.4 is 14.4 Å². The van der Waals surface area contributed by atoms with Gasteiger partial charge < -0.3 is 15.0 Å². The summed E-state index contributed by atoms with van der Waals surface area (Å²) in [6, 6.07) is 13.7. The normalized spacial score (nSPS) is 12.0. The first kappa shape index (κ1) is 29.6. The zero-order chi connectivity index (χ0) is 26.7. The molecule has 0 saturated heterocycles. The van der Waals surface area contributed by atoms with Crippen molar-refractivity contribution >= 4 is 43.5 Å². The SMILES string of the molecule is CCCCNC(=O)[C@@H](C)N(Cc1ccc(Br)cc1)C(=O)CCCN(c1cccc(OC)c1)S(C)(=O)=O. The quantitative estimate of drug-likeness (QED) is 0.335. The summed E-state index contributed by atoms with van der Waals surface area (Å²) in [7, 11) is -2.06. The first-order chi connectivity index (χ1) is 17.1. The molecule has 0 aliphatic heterocycles. The average molecular weight is 583 g/mol. The topological polar surface area (TPSA) is 96.0 Å². The number of amides is 2. The summed E-state index contributed by atoms with van der Waals surface area (Å²) in [4.78, 5) is 27.6. The van der Waals surface area contributed by atoms with Crippen LogP contribution in [0.1, 0.15) is 45.1 Å². The van der Waals surface area contributed by atoms with Crippen molar-refractivity contribution in [1.82, 2.24) is 10.2 Å². The highest BCUT2D eigenvalue weighted by molar-refractivity contribution is 9.10. The minimum absolute atomic E-state index is 0.0963. The van der Waals surface area contributed by atoms with Gasteiger partial charge in [-0.3, -0.25) is 13.9 Å². The number of nitrogens with one attached hydrogen (secondary N) is 1. The molecule has 1 N–H and O–H groups in total. The molecule has 0 aliphatic rings. The van der Waals surface area contributed by atoms with E-state index in [4.69, 9.17) is 4.74 Å². The lowest BCUT2D eigenvalue weighted by atomic mass is 10.1. The highest BCUT2D eigenvalue weighted by Gasteiger charge is 2.26. The van der Waals surface area contributed by atoms with Crippen molar-refractivity contribution in [3.8, 4) is 5.75 Å². The number of carbonyl (C=O) groups excluding carboxylic acids is 2. The van der Waals surface area contributed by atoms with E-state index in [2.05, 4.69) is 21.2 Å². The number of methoxy groups -OCH3 is 1. The molecule has 0 aromatic heterocycles. The molecule has 2 rings (SSSR count). The number of hydrogen-bond acceptors (Lipinski definition) is 5. The Labute approximate surface area is 223 Å². The first-order valence-corrected chi connectivity index (χ1v) is 14.6. The molecule has 8 nitrogen and oxygen atoms in total. The van der Waals surface area contributed by atoms with Crippen molar-refractivity contribution in [2.45, 2.75) is 52.1 Å². The lowest BCUT2D eigenvalue weighted by molar-refractivity contribution is -0.140. The molecule has 0 saturated carbocycles. The van der Waals surface area contributed by atoms with Gasteiger partial charge in [0.25, 0.3) is 0 Å². The molecular formula is C26H36BrN3O5S. The van der Waals surface area contributed by atoms with Gasteiger partial charge in [0, 0.05) is 36.6 Å². The number of nitrogens with zero attached hydrogens (tertiary/aromatic N) is 2. The number of carbonyl (C=O) groups is 2. The molecule has 0 unspecified atom stereocenters. The smallest absolute Gasteiger partial charge is 0.242 e. The van der Waals surface area contributed by atoms with Crippen molar-refractivity contribution in [1.29, 1.82) is 0 Å². The number of benzene rings is 2. The Bertz CT molecular complexity index is 1110. The van der Waals surface area contributed by atoms with Crippen LogP contribution in [0.5, 0.6) is 5.75 Å². The Morgan fingerprint density at radius 2 is 1.81 bits per heavy atom. The van der Waals surface area contributed by atoms with Gasteiger partial charge in [-0.15, -0.1) is 0 Å². The Hall–Kier alpha value is -2.59. The van der Waals surface area contributed by atoms with Gasteiger partial charge in [-0.2, -0.15) is 0 Å². The van der Waals surface area contributed by atoms with E-state index in [0.717, 1.165) is 29.1 Å². The maximum Gasteiger partial charge on any atom is 0.242 e. The van der Waals surface area contributed by atoms with Crippen molar-refractivity contribution < 1.29 is 22.7 Å². The highest BCUT2D eigenvalue weighted by atomic mass is 79.9. The summed E-state index contributed by atoms with van der Waals surface area (Å²) >= 11 is 3.41. The van der Waals surface area contributed by atoms with Gasteiger partial charge >= 0.3 is 0 Å². The van der Waals surface area contributed by atoms with Gasteiger partial charge in [-0.05, 0) is 49.6 Å². The molecule has 10 heteroatoms. The van der Waals surface area contributed by atoms with Crippen LogP contribution in [0.25, 0.3) is 0 Å². The van der Waals surface area contributed by atoms with E-state index in [1.807, 2.05) is 31.2 Å². The lowest BCUT2D eigenvalue weighted by Crippen LogP contribution is -2.47. The van der Waals surface area contributed by atoms with Gasteiger partial charge in [0.05, 0.1) is 19.1 Å². The third kappa shape index (κ3) is 9.13. The predicted octanol–water partition coefficient (Wildman–Crippen LogP) is 4.34. The number of anilines is 1. The summed E-state index contributed by atoms with van der Waals surface area (Å²) in [6.07, 6.45) is 3.35. The number of sulfonamides is 1. The number of rotatable bonds is 14. The zero-order valence-corrected chi connectivity index (χ0v) is 23.8. The molecular weight excluding hydrogens is 546 g/mol. The molecule has 0 spiro atoms. The summed E-state index contributed by atoms with van der Waals surface area (Å²) in [5.41, 5.74) is 1.37. The second kappa shape index (κ2) is 14.2. The van der Waals surface area contributed by atoms with Gasteiger partial charge in [0.1, 0.15) is 11.8 Å². The fourth-order valence-electron chi connectivity index (χ4n) is 3.67. The van der Waals surface area contributed by atoms with Crippen molar-refractivity contribution in [2.75, 3.05) is 30.8 Å². The Balaban J connectivity index is 2.15.